The highest BCUT2D eigenvalue weighted by atomic mass is 32.2. The molecule has 1 aliphatic heterocycles. The van der Waals surface area contributed by atoms with Crippen LogP contribution in [-0.2, 0) is 15.0 Å². The highest BCUT2D eigenvalue weighted by Gasteiger charge is 2.37. The fourth-order valence-electron chi connectivity index (χ4n) is 2.54. The molecule has 128 valence electrons. The molecule has 0 spiro atoms. The average Bonchev–Trinajstić information content (AvgIpc) is 2.72. The van der Waals surface area contributed by atoms with Crippen LogP contribution < -0.4 is 13.8 Å². The Bertz CT molecular complexity index is 943. The monoisotopic (exact) mass is 354 g/mol. The topological polar surface area (TPSA) is 95.9 Å². The lowest BCUT2D eigenvalue weighted by Gasteiger charge is -2.18. The number of anilines is 1. The Morgan fingerprint density at radius 3 is 2.62 bits per heavy atom. The molecule has 1 amide bonds. The zero-order valence-corrected chi connectivity index (χ0v) is 13.7. The summed E-state index contributed by atoms with van der Waals surface area (Å²) in [5, 5.41) is 10.5. The third-order valence-corrected chi connectivity index (χ3v) is 4.82. The summed E-state index contributed by atoms with van der Waals surface area (Å²) >= 11 is 0. The van der Waals surface area contributed by atoms with Crippen molar-refractivity contribution in [3.8, 4) is 11.5 Å². The van der Waals surface area contributed by atoms with E-state index >= 15 is 0 Å². The number of aromatic hydroxyl groups is 1. The van der Waals surface area contributed by atoms with E-state index in [1.807, 2.05) is 13.8 Å². The number of carbonyl (C=O) groups is 1. The Balaban J connectivity index is 2.20. The van der Waals surface area contributed by atoms with E-state index in [4.69, 9.17) is 4.74 Å². The fourth-order valence-corrected chi connectivity index (χ4v) is 3.70. The number of ether oxygens (including phenoxy) is 1. The molecule has 2 aromatic rings. The van der Waals surface area contributed by atoms with E-state index in [0.717, 1.165) is 0 Å². The van der Waals surface area contributed by atoms with Crippen molar-refractivity contribution in [2.45, 2.75) is 20.0 Å². The summed E-state index contributed by atoms with van der Waals surface area (Å²) in [5.74, 6) is -1.91. The standard InChI is InChI=1S/C15H15FN2O5S/c1-8(2)23-10-4-3-9-5-12(19)15(14(16)11(9)6-10)18-7-13(20)17-24(18,21)22/h3-6,8,19H,7H2,1-2H3,(H,17,20). The van der Waals surface area contributed by atoms with Crippen LogP contribution in [0.5, 0.6) is 11.5 Å². The largest absolute Gasteiger partial charge is 0.506 e. The summed E-state index contributed by atoms with van der Waals surface area (Å²) in [4.78, 5) is 11.3. The summed E-state index contributed by atoms with van der Waals surface area (Å²) in [6.45, 7) is 3.04. The van der Waals surface area contributed by atoms with Gasteiger partial charge in [0.15, 0.2) is 5.82 Å². The van der Waals surface area contributed by atoms with Gasteiger partial charge in [-0.05, 0) is 37.4 Å². The minimum Gasteiger partial charge on any atom is -0.506 e. The number of nitrogens with zero attached hydrogens (tertiary/aromatic N) is 1. The Labute approximate surface area is 137 Å². The SMILES string of the molecule is CC(C)Oc1ccc2cc(O)c(N3CC(=O)NS3(=O)=O)c(F)c2c1. The van der Waals surface area contributed by atoms with E-state index in [1.165, 1.54) is 12.1 Å². The number of rotatable bonds is 3. The Morgan fingerprint density at radius 1 is 1.33 bits per heavy atom. The highest BCUT2D eigenvalue weighted by Crippen LogP contribution is 2.39. The predicted molar refractivity (Wildman–Crippen MR) is 85.7 cm³/mol. The van der Waals surface area contributed by atoms with Crippen LogP contribution >= 0.6 is 0 Å². The molecule has 0 saturated carbocycles. The summed E-state index contributed by atoms with van der Waals surface area (Å²) in [6.07, 6.45) is -0.122. The van der Waals surface area contributed by atoms with Gasteiger partial charge in [0.1, 0.15) is 23.7 Å². The molecule has 24 heavy (non-hydrogen) atoms. The first-order valence-electron chi connectivity index (χ1n) is 7.14. The number of halogens is 1. The minimum absolute atomic E-state index is 0.0792. The lowest BCUT2D eigenvalue weighted by molar-refractivity contribution is -0.117. The van der Waals surface area contributed by atoms with Crippen molar-refractivity contribution < 1.29 is 27.4 Å². The molecule has 0 aromatic heterocycles. The van der Waals surface area contributed by atoms with E-state index in [0.29, 0.717) is 15.4 Å². The molecular weight excluding hydrogens is 339 g/mol. The van der Waals surface area contributed by atoms with E-state index in [1.54, 1.807) is 16.9 Å². The van der Waals surface area contributed by atoms with Crippen LogP contribution in [0.15, 0.2) is 24.3 Å². The van der Waals surface area contributed by atoms with Gasteiger partial charge in [-0.3, -0.25) is 4.79 Å². The van der Waals surface area contributed by atoms with Crippen LogP contribution in [0.1, 0.15) is 13.8 Å². The molecule has 0 unspecified atom stereocenters. The van der Waals surface area contributed by atoms with Gasteiger partial charge in [0.25, 0.3) is 5.91 Å². The molecule has 0 bridgehead atoms. The van der Waals surface area contributed by atoms with E-state index in [2.05, 4.69) is 0 Å². The Hall–Kier alpha value is -2.55. The quantitative estimate of drug-likeness (QED) is 0.874. The lowest BCUT2D eigenvalue weighted by Crippen LogP contribution is -2.30. The number of benzene rings is 2. The third kappa shape index (κ3) is 2.71. The Morgan fingerprint density at radius 2 is 2.04 bits per heavy atom. The molecule has 3 rings (SSSR count). The van der Waals surface area contributed by atoms with Crippen molar-refractivity contribution >= 4 is 32.6 Å². The van der Waals surface area contributed by atoms with Crippen LogP contribution in [0.2, 0.25) is 0 Å². The molecule has 2 N–H and O–H groups in total. The molecule has 2 aromatic carbocycles. The van der Waals surface area contributed by atoms with Gasteiger partial charge >= 0.3 is 10.2 Å². The number of hydrogen-bond donors (Lipinski definition) is 2. The first-order valence-corrected chi connectivity index (χ1v) is 8.58. The van der Waals surface area contributed by atoms with Crippen LogP contribution in [0.4, 0.5) is 10.1 Å². The zero-order chi connectivity index (χ0) is 17.6. The van der Waals surface area contributed by atoms with Crippen molar-refractivity contribution in [2.24, 2.45) is 0 Å². The maximum Gasteiger partial charge on any atom is 0.326 e. The molecule has 1 fully saturated rings. The number of nitrogens with one attached hydrogen (secondary N) is 1. The van der Waals surface area contributed by atoms with Crippen LogP contribution in [0, 0.1) is 5.82 Å². The van der Waals surface area contributed by atoms with Crippen molar-refractivity contribution in [1.29, 1.82) is 0 Å². The summed E-state index contributed by atoms with van der Waals surface area (Å²) in [6, 6.07) is 5.84. The van der Waals surface area contributed by atoms with E-state index in [-0.39, 0.29) is 11.5 Å². The van der Waals surface area contributed by atoms with Gasteiger partial charge in [-0.2, -0.15) is 8.42 Å². The first kappa shape index (κ1) is 16.3. The molecule has 1 aliphatic rings. The average molecular weight is 354 g/mol. The van der Waals surface area contributed by atoms with Crippen LogP contribution in [-0.4, -0.2) is 32.1 Å². The maximum absolute atomic E-state index is 14.9. The van der Waals surface area contributed by atoms with Gasteiger partial charge < -0.3 is 9.84 Å². The summed E-state index contributed by atoms with van der Waals surface area (Å²) in [7, 11) is -4.23. The second kappa shape index (κ2) is 5.52. The number of phenolic OH excluding ortho intramolecular Hbond substituents is 1. The zero-order valence-electron chi connectivity index (χ0n) is 12.9. The molecule has 0 aliphatic carbocycles. The maximum atomic E-state index is 14.9. The molecular formula is C15H15FN2O5S. The molecule has 7 nitrogen and oxygen atoms in total. The lowest BCUT2D eigenvalue weighted by atomic mass is 10.1. The van der Waals surface area contributed by atoms with Gasteiger partial charge in [0.2, 0.25) is 0 Å². The molecule has 1 heterocycles. The van der Waals surface area contributed by atoms with Crippen LogP contribution in [0.3, 0.4) is 0 Å². The number of fused-ring (bicyclic) bond motifs is 1. The normalized spacial score (nSPS) is 16.7. The smallest absolute Gasteiger partial charge is 0.326 e. The van der Waals surface area contributed by atoms with Crippen LogP contribution in [0.25, 0.3) is 10.8 Å². The fraction of sp³-hybridized carbons (Fsp3) is 0.267. The van der Waals surface area contributed by atoms with Gasteiger partial charge in [0.05, 0.1) is 6.10 Å². The highest BCUT2D eigenvalue weighted by molar-refractivity contribution is 7.92. The second-order valence-electron chi connectivity index (χ2n) is 5.64. The van der Waals surface area contributed by atoms with E-state index in [9.17, 15) is 22.7 Å². The number of amides is 1. The number of hydrogen-bond acceptors (Lipinski definition) is 5. The number of phenols is 1. The molecule has 9 heteroatoms. The van der Waals surface area contributed by atoms with Crippen molar-refractivity contribution in [3.05, 3.63) is 30.1 Å². The number of carbonyl (C=O) groups excluding carboxylic acids is 1. The molecule has 1 saturated heterocycles. The van der Waals surface area contributed by atoms with Gasteiger partial charge in [-0.25, -0.2) is 13.4 Å². The minimum atomic E-state index is -4.23. The Kier molecular flexibility index (Phi) is 3.75. The van der Waals surface area contributed by atoms with Crippen molar-refractivity contribution in [3.63, 3.8) is 0 Å². The molecule has 0 atom stereocenters. The molecule has 0 radical (unpaired) electrons. The second-order valence-corrected chi connectivity index (χ2v) is 7.24. The van der Waals surface area contributed by atoms with Gasteiger partial charge in [-0.1, -0.05) is 6.07 Å². The third-order valence-electron chi connectivity index (χ3n) is 3.45. The van der Waals surface area contributed by atoms with Crippen molar-refractivity contribution in [1.82, 2.24) is 4.72 Å². The predicted octanol–water partition coefficient (Wildman–Crippen LogP) is 1.65. The summed E-state index contributed by atoms with van der Waals surface area (Å²) in [5.41, 5.74) is -0.567. The van der Waals surface area contributed by atoms with Crippen molar-refractivity contribution in [2.75, 3.05) is 10.8 Å². The van der Waals surface area contributed by atoms with E-state index < -0.39 is 39.9 Å². The first-order chi connectivity index (χ1) is 11.2. The summed E-state index contributed by atoms with van der Waals surface area (Å²) < 4.78 is 46.5. The van der Waals surface area contributed by atoms with Gasteiger partial charge in [-0.15, -0.1) is 0 Å². The van der Waals surface area contributed by atoms with Gasteiger partial charge in [0, 0.05) is 5.39 Å².